The first-order valence-electron chi connectivity index (χ1n) is 9.58. The maximum Gasteiger partial charge on any atom is 0.227 e. The summed E-state index contributed by atoms with van der Waals surface area (Å²) in [4.78, 5) is 8.60. The van der Waals surface area contributed by atoms with Crippen molar-refractivity contribution in [1.29, 1.82) is 0 Å². The fraction of sp³-hybridized carbons (Fsp3) is 0.286. The number of rotatable bonds is 7. The molecule has 0 saturated carbocycles. The molecule has 0 bridgehead atoms. The van der Waals surface area contributed by atoms with Gasteiger partial charge in [-0.25, -0.2) is 0 Å². The van der Waals surface area contributed by atoms with Gasteiger partial charge in [0.25, 0.3) is 0 Å². The second-order valence-corrected chi connectivity index (χ2v) is 7.25. The van der Waals surface area contributed by atoms with Gasteiger partial charge >= 0.3 is 0 Å². The number of pyridine rings is 1. The molecule has 0 amide bonds. The largest absolute Gasteiger partial charge is 0.339 e. The summed E-state index contributed by atoms with van der Waals surface area (Å²) in [5, 5.41) is 13.5. The fourth-order valence-electron chi connectivity index (χ4n) is 3.29. The Morgan fingerprint density at radius 3 is 2.69 bits per heavy atom. The molecule has 1 atom stereocenters. The third kappa shape index (κ3) is 4.19. The molecule has 0 N–H and O–H groups in total. The Bertz CT molecular complexity index is 1090. The van der Waals surface area contributed by atoms with Gasteiger partial charge in [0, 0.05) is 47.4 Å². The van der Waals surface area contributed by atoms with E-state index in [1.807, 2.05) is 36.4 Å². The molecular weight excluding hydrogens is 388 g/mol. The van der Waals surface area contributed by atoms with E-state index >= 15 is 0 Å². The first-order valence-corrected chi connectivity index (χ1v) is 9.96. The molecule has 0 spiro atoms. The first-order chi connectivity index (χ1) is 14.2. The van der Waals surface area contributed by atoms with Crippen LogP contribution in [0.2, 0.25) is 5.02 Å². The van der Waals surface area contributed by atoms with Gasteiger partial charge < -0.3 is 9.09 Å². The van der Waals surface area contributed by atoms with Crippen LogP contribution in [0.4, 0.5) is 0 Å². The average molecular weight is 409 g/mol. The fourth-order valence-corrected chi connectivity index (χ4v) is 3.48. The molecule has 29 heavy (non-hydrogen) atoms. The maximum absolute atomic E-state index is 6.05. The number of nitrogens with zero attached hydrogens (tertiary/aromatic N) is 6. The van der Waals surface area contributed by atoms with Gasteiger partial charge in [0.1, 0.15) is 5.82 Å². The second-order valence-electron chi connectivity index (χ2n) is 6.81. The molecule has 0 aliphatic carbocycles. The van der Waals surface area contributed by atoms with Gasteiger partial charge in [-0.15, -0.1) is 10.2 Å². The number of aryl methyl sites for hydroxylation is 2. The number of halogens is 1. The van der Waals surface area contributed by atoms with Crippen molar-refractivity contribution in [3.63, 3.8) is 0 Å². The summed E-state index contributed by atoms with van der Waals surface area (Å²) in [5.41, 5.74) is 1.84. The van der Waals surface area contributed by atoms with Crippen LogP contribution in [-0.4, -0.2) is 29.9 Å². The number of hydrogen-bond donors (Lipinski definition) is 0. The van der Waals surface area contributed by atoms with E-state index in [-0.39, 0.29) is 6.04 Å². The maximum atomic E-state index is 6.05. The third-order valence-electron chi connectivity index (χ3n) is 4.79. The smallest absolute Gasteiger partial charge is 0.227 e. The predicted octanol–water partition coefficient (Wildman–Crippen LogP) is 4.80. The van der Waals surface area contributed by atoms with Gasteiger partial charge in [0.05, 0.1) is 0 Å². The standard InChI is InChI=1S/C21H21ClN6O/c1-3-18-25-26-21(15-9-11-23-12-10-15)28(18)14(2)7-8-19-24-20(27-29-19)16-5-4-6-17(22)13-16/h4-6,9-14H,3,7-8H2,1-2H3. The molecule has 0 aliphatic rings. The number of aromatic nitrogens is 6. The van der Waals surface area contributed by atoms with Crippen LogP contribution in [0, 0.1) is 0 Å². The molecule has 8 heteroatoms. The van der Waals surface area contributed by atoms with Crippen molar-refractivity contribution in [2.75, 3.05) is 0 Å². The molecule has 0 aliphatic heterocycles. The van der Waals surface area contributed by atoms with E-state index in [1.54, 1.807) is 12.4 Å². The Balaban J connectivity index is 1.51. The molecule has 0 fully saturated rings. The topological polar surface area (TPSA) is 82.5 Å². The first kappa shape index (κ1) is 19.3. The van der Waals surface area contributed by atoms with E-state index in [0.29, 0.717) is 23.2 Å². The summed E-state index contributed by atoms with van der Waals surface area (Å²) in [5.74, 6) is 2.95. The van der Waals surface area contributed by atoms with Crippen LogP contribution in [0.5, 0.6) is 0 Å². The Morgan fingerprint density at radius 2 is 1.93 bits per heavy atom. The minimum Gasteiger partial charge on any atom is -0.339 e. The summed E-state index contributed by atoms with van der Waals surface area (Å²) in [6.07, 6.45) is 5.81. The van der Waals surface area contributed by atoms with E-state index in [0.717, 1.165) is 35.6 Å². The highest BCUT2D eigenvalue weighted by molar-refractivity contribution is 6.30. The molecular formula is C21H21ClN6O. The van der Waals surface area contributed by atoms with Gasteiger partial charge in [-0.1, -0.05) is 35.8 Å². The van der Waals surface area contributed by atoms with Gasteiger partial charge in [-0.3, -0.25) is 4.98 Å². The molecule has 4 aromatic rings. The van der Waals surface area contributed by atoms with E-state index in [9.17, 15) is 0 Å². The van der Waals surface area contributed by atoms with Crippen LogP contribution < -0.4 is 0 Å². The van der Waals surface area contributed by atoms with Gasteiger partial charge in [0.2, 0.25) is 11.7 Å². The zero-order valence-electron chi connectivity index (χ0n) is 16.3. The van der Waals surface area contributed by atoms with Crippen molar-refractivity contribution in [1.82, 2.24) is 29.9 Å². The lowest BCUT2D eigenvalue weighted by Crippen LogP contribution is -2.12. The third-order valence-corrected chi connectivity index (χ3v) is 5.02. The molecule has 1 unspecified atom stereocenters. The zero-order chi connectivity index (χ0) is 20.2. The van der Waals surface area contributed by atoms with Crippen molar-refractivity contribution in [3.05, 3.63) is 65.5 Å². The molecule has 4 rings (SSSR count). The predicted molar refractivity (Wildman–Crippen MR) is 110 cm³/mol. The minimum atomic E-state index is 0.171. The Kier molecular flexibility index (Phi) is 5.67. The van der Waals surface area contributed by atoms with E-state index < -0.39 is 0 Å². The molecule has 1 aromatic carbocycles. The SMILES string of the molecule is CCc1nnc(-c2ccncc2)n1C(C)CCc1nc(-c2cccc(Cl)c2)no1. The highest BCUT2D eigenvalue weighted by Gasteiger charge is 2.19. The van der Waals surface area contributed by atoms with Gasteiger partial charge in [0.15, 0.2) is 5.82 Å². The molecule has 3 heterocycles. The molecule has 148 valence electrons. The molecule has 0 radical (unpaired) electrons. The lowest BCUT2D eigenvalue weighted by Gasteiger charge is -2.17. The van der Waals surface area contributed by atoms with E-state index in [1.165, 1.54) is 0 Å². The highest BCUT2D eigenvalue weighted by Crippen LogP contribution is 2.26. The monoisotopic (exact) mass is 408 g/mol. The van der Waals surface area contributed by atoms with Crippen LogP contribution in [0.25, 0.3) is 22.8 Å². The highest BCUT2D eigenvalue weighted by atomic mass is 35.5. The summed E-state index contributed by atoms with van der Waals surface area (Å²) in [6.45, 7) is 4.24. The van der Waals surface area contributed by atoms with Crippen molar-refractivity contribution >= 4 is 11.6 Å². The average Bonchev–Trinajstić information content (AvgIpc) is 3.40. The zero-order valence-corrected chi connectivity index (χ0v) is 17.0. The summed E-state index contributed by atoms with van der Waals surface area (Å²) >= 11 is 6.05. The van der Waals surface area contributed by atoms with Gasteiger partial charge in [-0.05, 0) is 37.6 Å². The van der Waals surface area contributed by atoms with Gasteiger partial charge in [-0.2, -0.15) is 4.98 Å². The quantitative estimate of drug-likeness (QED) is 0.436. The summed E-state index contributed by atoms with van der Waals surface area (Å²) in [7, 11) is 0. The van der Waals surface area contributed by atoms with Crippen LogP contribution in [0.15, 0.2) is 53.3 Å². The molecule has 3 aromatic heterocycles. The van der Waals surface area contributed by atoms with Crippen molar-refractivity contribution in [3.8, 4) is 22.8 Å². The van der Waals surface area contributed by atoms with Crippen molar-refractivity contribution in [2.24, 2.45) is 0 Å². The van der Waals surface area contributed by atoms with Crippen LogP contribution in [0.3, 0.4) is 0 Å². The minimum absolute atomic E-state index is 0.171. The normalized spacial score (nSPS) is 12.2. The summed E-state index contributed by atoms with van der Waals surface area (Å²) in [6, 6.07) is 11.5. The lowest BCUT2D eigenvalue weighted by molar-refractivity contribution is 0.363. The lowest BCUT2D eigenvalue weighted by atomic mass is 10.1. The van der Waals surface area contributed by atoms with Crippen LogP contribution in [-0.2, 0) is 12.8 Å². The Hall–Kier alpha value is -3.06. The Morgan fingerprint density at radius 1 is 1.10 bits per heavy atom. The number of hydrogen-bond acceptors (Lipinski definition) is 6. The second kappa shape index (κ2) is 8.53. The van der Waals surface area contributed by atoms with Crippen molar-refractivity contribution < 1.29 is 4.52 Å². The van der Waals surface area contributed by atoms with Crippen LogP contribution in [0.1, 0.15) is 38.0 Å². The van der Waals surface area contributed by atoms with E-state index in [4.69, 9.17) is 16.1 Å². The summed E-state index contributed by atoms with van der Waals surface area (Å²) < 4.78 is 7.63. The van der Waals surface area contributed by atoms with Crippen LogP contribution >= 0.6 is 11.6 Å². The van der Waals surface area contributed by atoms with Crippen molar-refractivity contribution in [2.45, 2.75) is 39.2 Å². The molecule has 7 nitrogen and oxygen atoms in total. The Labute approximate surface area is 173 Å². The molecule has 0 saturated heterocycles. The van der Waals surface area contributed by atoms with E-state index in [2.05, 4.69) is 43.7 Å². The number of benzene rings is 1.